The number of hydrogen-bond acceptors (Lipinski definition) is 7. The van der Waals surface area contributed by atoms with E-state index in [4.69, 9.17) is 0 Å². The number of halogens is 1. The molecule has 1 aromatic heterocycles. The van der Waals surface area contributed by atoms with Gasteiger partial charge in [0.25, 0.3) is 5.91 Å². The van der Waals surface area contributed by atoms with Crippen LogP contribution in [0.4, 0.5) is 23.0 Å². The summed E-state index contributed by atoms with van der Waals surface area (Å²) in [5, 5.41) is 14.5. The smallest absolute Gasteiger partial charge is 0.334 e. The number of nitrogens with one attached hydrogen (secondary N) is 3. The Morgan fingerprint density at radius 3 is 2.43 bits per heavy atom. The number of nitrogens with zero attached hydrogens (tertiary/aromatic N) is 3. The SMILES string of the molecule is Cc1ccc(Nc2ncnc(NNC(=O)c3ccccc3Br)c2[N+](=O)[O-])cc1. The monoisotopic (exact) mass is 442 g/mol. The summed E-state index contributed by atoms with van der Waals surface area (Å²) in [6.45, 7) is 1.94. The van der Waals surface area contributed by atoms with Crippen molar-refractivity contribution < 1.29 is 9.72 Å². The van der Waals surface area contributed by atoms with E-state index in [1.54, 1.807) is 36.4 Å². The molecule has 0 saturated carbocycles. The third-order valence-corrected chi connectivity index (χ3v) is 4.42. The molecule has 0 aliphatic rings. The molecule has 2 aromatic carbocycles. The maximum Gasteiger partial charge on any atom is 0.355 e. The van der Waals surface area contributed by atoms with Crippen molar-refractivity contribution >= 4 is 44.8 Å². The maximum absolute atomic E-state index is 12.3. The molecule has 0 radical (unpaired) electrons. The number of benzene rings is 2. The number of carbonyl (C=O) groups excluding carboxylic acids is 1. The fourth-order valence-corrected chi connectivity index (χ4v) is 2.80. The second kappa shape index (κ2) is 8.44. The largest absolute Gasteiger partial charge is 0.355 e. The Morgan fingerprint density at radius 2 is 1.75 bits per heavy atom. The Labute approximate surface area is 168 Å². The Bertz CT molecular complexity index is 1030. The molecular weight excluding hydrogens is 428 g/mol. The zero-order valence-electron chi connectivity index (χ0n) is 14.6. The fraction of sp³-hybridized carbons (Fsp3) is 0.0556. The molecule has 0 aliphatic carbocycles. The molecule has 10 heteroatoms. The van der Waals surface area contributed by atoms with Gasteiger partial charge in [-0.15, -0.1) is 0 Å². The van der Waals surface area contributed by atoms with E-state index in [-0.39, 0.29) is 11.6 Å². The summed E-state index contributed by atoms with van der Waals surface area (Å²) >= 11 is 3.28. The van der Waals surface area contributed by atoms with Gasteiger partial charge in [0.2, 0.25) is 11.6 Å². The molecule has 0 aliphatic heterocycles. The molecule has 1 amide bonds. The summed E-state index contributed by atoms with van der Waals surface area (Å²) in [6.07, 6.45) is 1.16. The van der Waals surface area contributed by atoms with Crippen molar-refractivity contribution in [2.75, 3.05) is 10.7 Å². The number of anilines is 3. The molecule has 0 saturated heterocycles. The molecule has 0 atom stereocenters. The molecule has 28 heavy (non-hydrogen) atoms. The zero-order chi connectivity index (χ0) is 20.1. The highest BCUT2D eigenvalue weighted by Gasteiger charge is 2.24. The summed E-state index contributed by atoms with van der Waals surface area (Å²) < 4.78 is 0.591. The summed E-state index contributed by atoms with van der Waals surface area (Å²) in [5.74, 6) is -0.620. The van der Waals surface area contributed by atoms with Crippen LogP contribution in [0.3, 0.4) is 0 Å². The second-order valence-electron chi connectivity index (χ2n) is 5.73. The van der Waals surface area contributed by atoms with Crippen molar-refractivity contribution in [3.8, 4) is 0 Å². The first-order chi connectivity index (χ1) is 13.5. The van der Waals surface area contributed by atoms with Gasteiger partial charge in [0, 0.05) is 10.2 Å². The minimum atomic E-state index is -0.622. The highest BCUT2D eigenvalue weighted by molar-refractivity contribution is 9.10. The van der Waals surface area contributed by atoms with Crippen LogP contribution in [0, 0.1) is 17.0 Å². The number of hydrazine groups is 1. The number of hydrogen-bond donors (Lipinski definition) is 3. The van der Waals surface area contributed by atoms with Crippen LogP contribution >= 0.6 is 15.9 Å². The van der Waals surface area contributed by atoms with Crippen LogP contribution in [-0.2, 0) is 0 Å². The van der Waals surface area contributed by atoms with Crippen molar-refractivity contribution in [3.63, 3.8) is 0 Å². The molecule has 3 N–H and O–H groups in total. The normalized spacial score (nSPS) is 10.2. The van der Waals surface area contributed by atoms with Crippen molar-refractivity contribution in [1.82, 2.24) is 15.4 Å². The van der Waals surface area contributed by atoms with E-state index in [9.17, 15) is 14.9 Å². The van der Waals surface area contributed by atoms with Crippen LogP contribution < -0.4 is 16.2 Å². The predicted octanol–water partition coefficient (Wildman–Crippen LogP) is 3.96. The van der Waals surface area contributed by atoms with Gasteiger partial charge in [-0.3, -0.25) is 25.8 Å². The molecule has 3 rings (SSSR count). The quantitative estimate of drug-likeness (QED) is 0.389. The average Bonchev–Trinajstić information content (AvgIpc) is 2.68. The van der Waals surface area contributed by atoms with E-state index in [0.29, 0.717) is 15.7 Å². The van der Waals surface area contributed by atoms with Gasteiger partial charge in [-0.1, -0.05) is 29.8 Å². The van der Waals surface area contributed by atoms with Gasteiger partial charge >= 0.3 is 5.69 Å². The second-order valence-corrected chi connectivity index (χ2v) is 6.58. The van der Waals surface area contributed by atoms with Crippen LogP contribution in [0.15, 0.2) is 59.3 Å². The third-order valence-electron chi connectivity index (χ3n) is 3.73. The number of amides is 1. The standard InChI is InChI=1S/C18H15BrN6O3/c1-11-6-8-12(9-7-11)22-16-15(25(27)28)17(21-10-20-16)23-24-18(26)13-4-2-3-5-14(13)19/h2-10H,1H3,(H,24,26)(H2,20,21,22,23). The molecule has 9 nitrogen and oxygen atoms in total. The van der Waals surface area contributed by atoms with E-state index in [0.717, 1.165) is 11.9 Å². The zero-order valence-corrected chi connectivity index (χ0v) is 16.2. The predicted molar refractivity (Wildman–Crippen MR) is 108 cm³/mol. The molecular formula is C18H15BrN6O3. The topological polar surface area (TPSA) is 122 Å². The molecule has 0 bridgehead atoms. The van der Waals surface area contributed by atoms with E-state index >= 15 is 0 Å². The van der Waals surface area contributed by atoms with Crippen molar-refractivity contribution in [2.45, 2.75) is 6.92 Å². The Hall–Kier alpha value is -3.53. The third kappa shape index (κ3) is 4.41. The maximum atomic E-state index is 12.3. The lowest BCUT2D eigenvalue weighted by molar-refractivity contribution is -0.383. The Morgan fingerprint density at radius 1 is 1.07 bits per heavy atom. The minimum absolute atomic E-state index is 0.00138. The first kappa shape index (κ1) is 19.2. The average molecular weight is 443 g/mol. The number of carbonyl (C=O) groups is 1. The molecule has 0 unspecified atom stereocenters. The van der Waals surface area contributed by atoms with Gasteiger partial charge in [0.15, 0.2) is 0 Å². The van der Waals surface area contributed by atoms with Crippen molar-refractivity contribution in [1.29, 1.82) is 0 Å². The number of rotatable bonds is 6. The van der Waals surface area contributed by atoms with Crippen LogP contribution in [0.1, 0.15) is 15.9 Å². The molecule has 1 heterocycles. The lowest BCUT2D eigenvalue weighted by Gasteiger charge is -2.11. The lowest BCUT2D eigenvalue weighted by atomic mass is 10.2. The summed E-state index contributed by atoms with van der Waals surface area (Å²) in [6, 6.07) is 14.1. The fourth-order valence-electron chi connectivity index (χ4n) is 2.34. The number of aryl methyl sites for hydroxylation is 1. The first-order valence-corrected chi connectivity index (χ1v) is 8.89. The van der Waals surface area contributed by atoms with Gasteiger partial charge in [-0.05, 0) is 47.1 Å². The lowest BCUT2D eigenvalue weighted by Crippen LogP contribution is -2.30. The van der Waals surface area contributed by atoms with Gasteiger partial charge < -0.3 is 5.32 Å². The van der Waals surface area contributed by atoms with Gasteiger partial charge in [0.05, 0.1) is 10.5 Å². The molecule has 0 fully saturated rings. The van der Waals surface area contributed by atoms with Gasteiger partial charge in [-0.2, -0.15) is 0 Å². The summed E-state index contributed by atoms with van der Waals surface area (Å²) in [4.78, 5) is 31.1. The number of aromatic nitrogens is 2. The van der Waals surface area contributed by atoms with Crippen LogP contribution in [-0.4, -0.2) is 20.8 Å². The van der Waals surface area contributed by atoms with Gasteiger partial charge in [-0.25, -0.2) is 9.97 Å². The van der Waals surface area contributed by atoms with Crippen molar-refractivity contribution in [3.05, 3.63) is 80.6 Å². The highest BCUT2D eigenvalue weighted by Crippen LogP contribution is 2.30. The summed E-state index contributed by atoms with van der Waals surface area (Å²) in [7, 11) is 0. The van der Waals surface area contributed by atoms with Crippen LogP contribution in [0.5, 0.6) is 0 Å². The summed E-state index contributed by atoms with van der Waals surface area (Å²) in [5.41, 5.74) is 6.57. The highest BCUT2D eigenvalue weighted by atomic mass is 79.9. The van der Waals surface area contributed by atoms with Crippen LogP contribution in [0.25, 0.3) is 0 Å². The Balaban J connectivity index is 1.83. The van der Waals surface area contributed by atoms with E-state index in [1.807, 2.05) is 19.1 Å². The number of nitro groups is 1. The van der Waals surface area contributed by atoms with E-state index in [1.165, 1.54) is 0 Å². The van der Waals surface area contributed by atoms with E-state index in [2.05, 4.69) is 42.1 Å². The molecule has 3 aromatic rings. The van der Waals surface area contributed by atoms with Gasteiger partial charge in [0.1, 0.15) is 6.33 Å². The first-order valence-electron chi connectivity index (χ1n) is 8.09. The Kier molecular flexibility index (Phi) is 5.80. The molecule has 142 valence electrons. The molecule has 0 spiro atoms. The minimum Gasteiger partial charge on any atom is -0.334 e. The van der Waals surface area contributed by atoms with Crippen LogP contribution in [0.2, 0.25) is 0 Å². The van der Waals surface area contributed by atoms with E-state index < -0.39 is 16.5 Å². The van der Waals surface area contributed by atoms with Crippen molar-refractivity contribution in [2.24, 2.45) is 0 Å².